The Bertz CT molecular complexity index is 268. The summed E-state index contributed by atoms with van der Waals surface area (Å²) >= 11 is 1.62. The van der Waals surface area contributed by atoms with Crippen LogP contribution in [-0.4, -0.2) is 30.4 Å². The van der Waals surface area contributed by atoms with Crippen molar-refractivity contribution in [2.75, 3.05) is 25.0 Å². The van der Waals surface area contributed by atoms with Crippen molar-refractivity contribution in [3.05, 3.63) is 16.8 Å². The van der Waals surface area contributed by atoms with Crippen molar-refractivity contribution in [3.63, 3.8) is 0 Å². The molecule has 0 aliphatic heterocycles. The van der Waals surface area contributed by atoms with Crippen molar-refractivity contribution in [2.24, 2.45) is 0 Å². The first-order chi connectivity index (χ1) is 6.77. The molecule has 1 amide bonds. The van der Waals surface area contributed by atoms with Crippen LogP contribution in [0.25, 0.3) is 0 Å². The molecule has 0 spiro atoms. The maximum Gasteiger partial charge on any atom is 0.241 e. The van der Waals surface area contributed by atoms with Gasteiger partial charge in [-0.15, -0.1) is 0 Å². The van der Waals surface area contributed by atoms with Crippen LogP contribution >= 0.6 is 11.3 Å². The average molecular weight is 212 g/mol. The minimum atomic E-state index is 0.154. The number of carbonyl (C=O) groups is 1. The van der Waals surface area contributed by atoms with Gasteiger partial charge in [0.15, 0.2) is 0 Å². The van der Waals surface area contributed by atoms with E-state index in [9.17, 15) is 4.79 Å². The molecule has 0 saturated carbocycles. The first-order valence-electron chi connectivity index (χ1n) is 4.81. The number of hydrogen-bond acceptors (Lipinski definition) is 3. The fraction of sp³-hybridized carbons (Fsp3) is 0.500. The molecule has 0 aliphatic rings. The van der Waals surface area contributed by atoms with E-state index in [4.69, 9.17) is 0 Å². The largest absolute Gasteiger partial charge is 0.375 e. The second kappa shape index (κ2) is 5.65. The maximum atomic E-state index is 11.6. The highest BCUT2D eigenvalue weighted by Crippen LogP contribution is 2.11. The van der Waals surface area contributed by atoms with Gasteiger partial charge in [0.05, 0.1) is 6.54 Å². The quantitative estimate of drug-likeness (QED) is 0.810. The molecular formula is C10H16N2OS. The summed E-state index contributed by atoms with van der Waals surface area (Å²) in [6.07, 6.45) is 0. The van der Waals surface area contributed by atoms with Crippen molar-refractivity contribution in [1.82, 2.24) is 4.90 Å². The number of anilines is 1. The standard InChI is InChI=1S/C10H16N2OS/c1-3-12(4-2)10(13)7-11-9-5-6-14-8-9/h5-6,8,11H,3-4,7H2,1-2H3. The third-order valence-corrected chi connectivity index (χ3v) is 2.76. The first-order valence-corrected chi connectivity index (χ1v) is 5.76. The van der Waals surface area contributed by atoms with Gasteiger partial charge in [-0.1, -0.05) is 0 Å². The highest BCUT2D eigenvalue weighted by molar-refractivity contribution is 7.08. The Labute approximate surface area is 88.7 Å². The van der Waals surface area contributed by atoms with Crippen molar-refractivity contribution >= 4 is 22.9 Å². The van der Waals surface area contributed by atoms with Crippen LogP contribution < -0.4 is 5.32 Å². The van der Waals surface area contributed by atoms with Crippen LogP contribution in [-0.2, 0) is 4.79 Å². The van der Waals surface area contributed by atoms with E-state index in [2.05, 4.69) is 5.32 Å². The number of nitrogens with one attached hydrogen (secondary N) is 1. The molecule has 0 fully saturated rings. The van der Waals surface area contributed by atoms with Crippen LogP contribution in [0, 0.1) is 0 Å². The van der Waals surface area contributed by atoms with Gasteiger partial charge >= 0.3 is 0 Å². The van der Waals surface area contributed by atoms with Gasteiger partial charge in [0.2, 0.25) is 5.91 Å². The highest BCUT2D eigenvalue weighted by atomic mass is 32.1. The summed E-state index contributed by atoms with van der Waals surface area (Å²) in [5.74, 6) is 0.154. The van der Waals surface area contributed by atoms with Crippen LogP contribution in [0.2, 0.25) is 0 Å². The second-order valence-electron chi connectivity index (χ2n) is 2.93. The summed E-state index contributed by atoms with van der Waals surface area (Å²) in [4.78, 5) is 13.4. The van der Waals surface area contributed by atoms with Crippen molar-refractivity contribution in [3.8, 4) is 0 Å². The van der Waals surface area contributed by atoms with Gasteiger partial charge in [0.25, 0.3) is 0 Å². The van der Waals surface area contributed by atoms with Crippen molar-refractivity contribution < 1.29 is 4.79 Å². The number of likely N-dealkylation sites (N-methyl/N-ethyl adjacent to an activating group) is 1. The molecule has 4 heteroatoms. The molecule has 14 heavy (non-hydrogen) atoms. The zero-order chi connectivity index (χ0) is 10.4. The molecule has 0 radical (unpaired) electrons. The van der Waals surface area contributed by atoms with Crippen LogP contribution in [0.3, 0.4) is 0 Å². The normalized spacial score (nSPS) is 9.86. The van der Waals surface area contributed by atoms with E-state index in [1.165, 1.54) is 0 Å². The predicted molar refractivity (Wildman–Crippen MR) is 60.7 cm³/mol. The lowest BCUT2D eigenvalue weighted by molar-refractivity contribution is -0.128. The fourth-order valence-electron chi connectivity index (χ4n) is 1.23. The van der Waals surface area contributed by atoms with E-state index in [1.807, 2.05) is 35.6 Å². The van der Waals surface area contributed by atoms with E-state index in [1.54, 1.807) is 11.3 Å². The summed E-state index contributed by atoms with van der Waals surface area (Å²) in [5.41, 5.74) is 1.02. The Balaban J connectivity index is 2.34. The van der Waals surface area contributed by atoms with Gasteiger partial charge in [0, 0.05) is 24.2 Å². The Morgan fingerprint density at radius 2 is 2.21 bits per heavy atom. The summed E-state index contributed by atoms with van der Waals surface area (Å²) in [6.45, 7) is 5.93. The highest BCUT2D eigenvalue weighted by Gasteiger charge is 2.08. The number of thiophene rings is 1. The molecule has 0 aromatic carbocycles. The predicted octanol–water partition coefficient (Wildman–Crippen LogP) is 2.03. The van der Waals surface area contributed by atoms with Gasteiger partial charge in [-0.2, -0.15) is 11.3 Å². The maximum absolute atomic E-state index is 11.6. The third-order valence-electron chi connectivity index (χ3n) is 2.08. The SMILES string of the molecule is CCN(CC)C(=O)CNc1ccsc1. The number of amides is 1. The van der Waals surface area contributed by atoms with Crippen molar-refractivity contribution in [2.45, 2.75) is 13.8 Å². The molecule has 0 bridgehead atoms. The number of nitrogens with zero attached hydrogens (tertiary/aromatic N) is 1. The molecule has 1 heterocycles. The summed E-state index contributed by atoms with van der Waals surface area (Å²) in [5, 5.41) is 7.08. The van der Waals surface area contributed by atoms with E-state index < -0.39 is 0 Å². The lowest BCUT2D eigenvalue weighted by atomic mass is 10.4. The summed E-state index contributed by atoms with van der Waals surface area (Å²) < 4.78 is 0. The Morgan fingerprint density at radius 3 is 2.71 bits per heavy atom. The van der Waals surface area contributed by atoms with Crippen molar-refractivity contribution in [1.29, 1.82) is 0 Å². The van der Waals surface area contributed by atoms with E-state index in [0.29, 0.717) is 6.54 Å². The minimum absolute atomic E-state index is 0.154. The van der Waals surface area contributed by atoms with Crippen LogP contribution in [0.15, 0.2) is 16.8 Å². The second-order valence-corrected chi connectivity index (χ2v) is 3.71. The monoisotopic (exact) mass is 212 g/mol. The number of carbonyl (C=O) groups excluding carboxylic acids is 1. The van der Waals surface area contributed by atoms with E-state index >= 15 is 0 Å². The first kappa shape index (κ1) is 11.0. The average Bonchev–Trinajstić information content (AvgIpc) is 2.69. The topological polar surface area (TPSA) is 32.3 Å². The minimum Gasteiger partial charge on any atom is -0.375 e. The molecule has 0 unspecified atom stereocenters. The van der Waals surface area contributed by atoms with E-state index in [-0.39, 0.29) is 5.91 Å². The Morgan fingerprint density at radius 1 is 1.50 bits per heavy atom. The van der Waals surface area contributed by atoms with Crippen LogP contribution in [0.5, 0.6) is 0 Å². The summed E-state index contributed by atoms with van der Waals surface area (Å²) in [7, 11) is 0. The third kappa shape index (κ3) is 3.03. The molecule has 0 aliphatic carbocycles. The molecule has 78 valence electrons. The van der Waals surface area contributed by atoms with Gasteiger partial charge < -0.3 is 10.2 Å². The molecule has 1 aromatic heterocycles. The van der Waals surface area contributed by atoms with E-state index in [0.717, 1.165) is 18.8 Å². The lowest BCUT2D eigenvalue weighted by Crippen LogP contribution is -2.35. The zero-order valence-electron chi connectivity index (χ0n) is 8.62. The van der Waals surface area contributed by atoms with Gasteiger partial charge in [-0.05, 0) is 25.3 Å². The molecule has 3 nitrogen and oxygen atoms in total. The number of hydrogen-bond donors (Lipinski definition) is 1. The van der Waals surface area contributed by atoms with Gasteiger partial charge in [-0.25, -0.2) is 0 Å². The van der Waals surface area contributed by atoms with Gasteiger partial charge in [-0.3, -0.25) is 4.79 Å². The number of rotatable bonds is 5. The Hall–Kier alpha value is -1.03. The molecule has 1 aromatic rings. The molecular weight excluding hydrogens is 196 g/mol. The van der Waals surface area contributed by atoms with Gasteiger partial charge in [0.1, 0.15) is 0 Å². The lowest BCUT2D eigenvalue weighted by Gasteiger charge is -2.18. The summed E-state index contributed by atoms with van der Waals surface area (Å²) in [6, 6.07) is 1.97. The fourth-order valence-corrected chi connectivity index (χ4v) is 1.84. The zero-order valence-corrected chi connectivity index (χ0v) is 9.43. The molecule has 1 rings (SSSR count). The van der Waals surface area contributed by atoms with Crippen LogP contribution in [0.1, 0.15) is 13.8 Å². The van der Waals surface area contributed by atoms with Crippen LogP contribution in [0.4, 0.5) is 5.69 Å². The molecule has 1 N–H and O–H groups in total. The smallest absolute Gasteiger partial charge is 0.241 e. The Kier molecular flexibility index (Phi) is 4.46. The molecule has 0 saturated heterocycles. The molecule has 0 atom stereocenters.